The number of alkyl halides is 3. The lowest BCUT2D eigenvalue weighted by molar-refractivity contribution is -0.137. The van der Waals surface area contributed by atoms with Crippen LogP contribution >= 0.6 is 0 Å². The zero-order chi connectivity index (χ0) is 23.4. The SMILES string of the molecule is O=C(CC1CCCCN1S(=O)(=O)c1cccc(C(F)(F)F)c1)NC12CC3CC(CC(C3)C1)C2. The van der Waals surface area contributed by atoms with E-state index in [1.807, 2.05) is 0 Å². The van der Waals surface area contributed by atoms with Crippen molar-refractivity contribution in [1.82, 2.24) is 9.62 Å². The van der Waals surface area contributed by atoms with Crippen LogP contribution < -0.4 is 5.32 Å². The largest absolute Gasteiger partial charge is 0.416 e. The normalized spacial score (nSPS) is 34.4. The first-order chi connectivity index (χ1) is 15.5. The molecule has 1 aromatic carbocycles. The van der Waals surface area contributed by atoms with Crippen molar-refractivity contribution in [2.75, 3.05) is 6.54 Å². The van der Waals surface area contributed by atoms with E-state index >= 15 is 0 Å². The fourth-order valence-corrected chi connectivity index (χ4v) is 9.03. The Balaban J connectivity index is 1.31. The van der Waals surface area contributed by atoms with Crippen molar-refractivity contribution in [2.24, 2.45) is 17.8 Å². The van der Waals surface area contributed by atoms with Gasteiger partial charge in [0.1, 0.15) is 0 Å². The van der Waals surface area contributed by atoms with Gasteiger partial charge in [-0.3, -0.25) is 4.79 Å². The van der Waals surface area contributed by atoms with Gasteiger partial charge in [0.05, 0.1) is 10.5 Å². The van der Waals surface area contributed by atoms with Gasteiger partial charge in [-0.05, 0) is 87.3 Å². The molecule has 4 bridgehead atoms. The first-order valence-electron chi connectivity index (χ1n) is 12.0. The average Bonchev–Trinajstić information content (AvgIpc) is 2.72. The first-order valence-corrected chi connectivity index (χ1v) is 13.5. The van der Waals surface area contributed by atoms with E-state index in [2.05, 4.69) is 5.32 Å². The topological polar surface area (TPSA) is 66.5 Å². The summed E-state index contributed by atoms with van der Waals surface area (Å²) < 4.78 is 67.3. The number of carbonyl (C=O) groups is 1. The van der Waals surface area contributed by atoms with E-state index in [9.17, 15) is 26.4 Å². The van der Waals surface area contributed by atoms with Crippen LogP contribution in [0.4, 0.5) is 13.2 Å². The average molecular weight is 485 g/mol. The molecule has 1 N–H and O–H groups in total. The summed E-state index contributed by atoms with van der Waals surface area (Å²) in [7, 11) is -4.14. The van der Waals surface area contributed by atoms with Crippen molar-refractivity contribution in [3.05, 3.63) is 29.8 Å². The molecule has 9 heteroatoms. The highest BCUT2D eigenvalue weighted by Crippen LogP contribution is 2.55. The van der Waals surface area contributed by atoms with E-state index in [0.29, 0.717) is 36.7 Å². The van der Waals surface area contributed by atoms with Crippen molar-refractivity contribution in [3.63, 3.8) is 0 Å². The van der Waals surface area contributed by atoms with Crippen molar-refractivity contribution >= 4 is 15.9 Å². The minimum atomic E-state index is -4.62. The Morgan fingerprint density at radius 2 is 1.70 bits per heavy atom. The summed E-state index contributed by atoms with van der Waals surface area (Å²) in [5.74, 6) is 1.92. The van der Waals surface area contributed by atoms with Crippen molar-refractivity contribution in [3.8, 4) is 0 Å². The zero-order valence-electron chi connectivity index (χ0n) is 18.6. The molecular formula is C24H31F3N2O3S. The van der Waals surface area contributed by atoms with Crippen LogP contribution in [0.1, 0.15) is 69.8 Å². The molecule has 1 amide bonds. The summed E-state index contributed by atoms with van der Waals surface area (Å²) in [6.45, 7) is 0.216. The minimum absolute atomic E-state index is 0.0555. The molecule has 0 spiro atoms. The van der Waals surface area contributed by atoms with Gasteiger partial charge in [-0.25, -0.2) is 8.42 Å². The summed E-state index contributed by atoms with van der Waals surface area (Å²) in [6.07, 6.45) is 4.24. The first kappa shape index (κ1) is 23.1. The number of nitrogens with one attached hydrogen (secondary N) is 1. The molecule has 4 saturated carbocycles. The van der Waals surface area contributed by atoms with Crippen LogP contribution in [0.15, 0.2) is 29.2 Å². The van der Waals surface area contributed by atoms with E-state index in [1.165, 1.54) is 29.6 Å². The molecule has 1 unspecified atom stereocenters. The number of halogens is 3. The summed E-state index contributed by atoms with van der Waals surface area (Å²) >= 11 is 0. The Kier molecular flexibility index (Phi) is 5.79. The van der Waals surface area contributed by atoms with Gasteiger partial charge in [-0.2, -0.15) is 17.5 Å². The molecule has 1 aromatic rings. The van der Waals surface area contributed by atoms with Crippen LogP contribution in [0, 0.1) is 17.8 Å². The third kappa shape index (κ3) is 4.55. The van der Waals surface area contributed by atoms with Gasteiger partial charge in [-0.15, -0.1) is 0 Å². The number of carbonyl (C=O) groups excluding carboxylic acids is 1. The van der Waals surface area contributed by atoms with Crippen LogP contribution in [-0.2, 0) is 21.0 Å². The second-order valence-electron chi connectivity index (χ2n) is 10.7. The second kappa shape index (κ2) is 8.26. The predicted molar refractivity (Wildman–Crippen MR) is 117 cm³/mol. The molecule has 5 aliphatic rings. The van der Waals surface area contributed by atoms with Gasteiger partial charge in [0.25, 0.3) is 0 Å². The molecule has 1 saturated heterocycles. The third-order valence-electron chi connectivity index (χ3n) is 8.20. The smallest absolute Gasteiger partial charge is 0.351 e. The second-order valence-corrected chi connectivity index (χ2v) is 12.6. The van der Waals surface area contributed by atoms with E-state index in [-0.39, 0.29) is 29.3 Å². The third-order valence-corrected chi connectivity index (χ3v) is 10.2. The summed E-state index contributed by atoms with van der Waals surface area (Å²) in [5.41, 5.74) is -1.14. The predicted octanol–water partition coefficient (Wildman–Crippen LogP) is 4.72. The maximum Gasteiger partial charge on any atom is 0.416 e. The van der Waals surface area contributed by atoms with Crippen molar-refractivity contribution < 1.29 is 26.4 Å². The molecule has 1 heterocycles. The number of nitrogens with zero attached hydrogens (tertiary/aromatic N) is 1. The maximum atomic E-state index is 13.3. The Labute approximate surface area is 193 Å². The molecule has 5 fully saturated rings. The highest BCUT2D eigenvalue weighted by atomic mass is 32.2. The van der Waals surface area contributed by atoms with E-state index in [4.69, 9.17) is 0 Å². The number of rotatable bonds is 5. The lowest BCUT2D eigenvalue weighted by Gasteiger charge is -2.57. The van der Waals surface area contributed by atoms with Crippen molar-refractivity contribution in [1.29, 1.82) is 0 Å². The van der Waals surface area contributed by atoms with Gasteiger partial charge < -0.3 is 5.32 Å². The van der Waals surface area contributed by atoms with Gasteiger partial charge in [0.15, 0.2) is 0 Å². The number of amides is 1. The molecular weight excluding hydrogens is 453 g/mol. The molecule has 33 heavy (non-hydrogen) atoms. The molecule has 0 radical (unpaired) electrons. The van der Waals surface area contributed by atoms with Crippen molar-refractivity contribution in [2.45, 2.75) is 86.9 Å². The summed E-state index contributed by atoms with van der Waals surface area (Å²) in [6, 6.07) is 3.34. The molecule has 4 aliphatic carbocycles. The standard InChI is InChI=1S/C24H31F3N2O3S/c25-24(26,27)19-4-3-6-21(11-19)33(31,32)29-7-2-1-5-20(29)12-22(30)28-23-13-16-8-17(14-23)10-18(9-16)15-23/h3-4,6,11,16-18,20H,1-2,5,7-10,12-15H2,(H,28,30). The summed E-state index contributed by atoms with van der Waals surface area (Å²) in [5, 5.41) is 3.30. The highest BCUT2D eigenvalue weighted by Gasteiger charge is 2.51. The number of hydrogen-bond donors (Lipinski definition) is 1. The monoisotopic (exact) mass is 484 g/mol. The fraction of sp³-hybridized carbons (Fsp3) is 0.708. The van der Waals surface area contributed by atoms with Crippen LogP contribution in [0.25, 0.3) is 0 Å². The molecule has 182 valence electrons. The highest BCUT2D eigenvalue weighted by molar-refractivity contribution is 7.89. The number of sulfonamides is 1. The van der Waals surface area contributed by atoms with Gasteiger partial charge in [0, 0.05) is 24.5 Å². The number of piperidine rings is 1. The Bertz CT molecular complexity index is 989. The molecule has 1 atom stereocenters. The number of hydrogen-bond acceptors (Lipinski definition) is 3. The van der Waals surface area contributed by atoms with E-state index in [1.54, 1.807) is 0 Å². The minimum Gasteiger partial charge on any atom is -0.351 e. The zero-order valence-corrected chi connectivity index (χ0v) is 19.4. The fourth-order valence-electron chi connectivity index (χ4n) is 7.29. The number of benzene rings is 1. The van der Waals surface area contributed by atoms with Crippen LogP contribution in [0.5, 0.6) is 0 Å². The molecule has 6 rings (SSSR count). The Morgan fingerprint density at radius 1 is 1.06 bits per heavy atom. The van der Waals surface area contributed by atoms with Gasteiger partial charge in [0.2, 0.25) is 15.9 Å². The van der Waals surface area contributed by atoms with Gasteiger partial charge in [-0.1, -0.05) is 12.5 Å². The summed E-state index contributed by atoms with van der Waals surface area (Å²) in [4.78, 5) is 12.7. The van der Waals surface area contributed by atoms with Crippen LogP contribution in [0.3, 0.4) is 0 Å². The lowest BCUT2D eigenvalue weighted by atomic mass is 9.53. The molecule has 1 aliphatic heterocycles. The van der Waals surface area contributed by atoms with Crippen LogP contribution in [-0.4, -0.2) is 36.8 Å². The molecule has 5 nitrogen and oxygen atoms in total. The lowest BCUT2D eigenvalue weighted by Crippen LogP contribution is -2.60. The van der Waals surface area contributed by atoms with E-state index < -0.39 is 27.8 Å². The van der Waals surface area contributed by atoms with Gasteiger partial charge >= 0.3 is 6.18 Å². The Hall–Kier alpha value is -1.61. The Morgan fingerprint density at radius 3 is 2.30 bits per heavy atom. The quantitative estimate of drug-likeness (QED) is 0.658. The van der Waals surface area contributed by atoms with Crippen LogP contribution in [0.2, 0.25) is 0 Å². The molecule has 0 aromatic heterocycles. The maximum absolute atomic E-state index is 13.3. The van der Waals surface area contributed by atoms with E-state index in [0.717, 1.165) is 37.8 Å².